The molecule has 1 aliphatic heterocycles. The Balaban J connectivity index is 0.00000295. The molecule has 43 heavy (non-hydrogen) atoms. The maximum absolute atomic E-state index is 13.4. The van der Waals surface area contributed by atoms with Crippen LogP contribution in [0.15, 0.2) is 35.3 Å². The van der Waals surface area contributed by atoms with Crippen LogP contribution >= 0.6 is 0 Å². The van der Waals surface area contributed by atoms with Crippen molar-refractivity contribution in [1.29, 1.82) is 0 Å². The average molecular weight is 604 g/mol. The van der Waals surface area contributed by atoms with Crippen molar-refractivity contribution >= 4 is 41.6 Å². The highest BCUT2D eigenvalue weighted by molar-refractivity contribution is 5.97. The van der Waals surface area contributed by atoms with E-state index in [0.29, 0.717) is 25.8 Å². The van der Waals surface area contributed by atoms with Crippen LogP contribution in [0.4, 0.5) is 0 Å². The largest absolute Gasteiger partial charge is 0.373 e. The molecule has 4 atom stereocenters. The van der Waals surface area contributed by atoms with E-state index in [9.17, 15) is 24.0 Å². The standard InChI is InChI=1S/C26H41N9O5.CO2/c1-16-22(37)35-20(14-17-8-3-2-4-9-17)25(40)34-19(10-5-6-12-27)24(39)33-18(11-7-13-30-26(28)29)23(38)31-15-21(36)32-16;2-1-3/h2-4,8-9,16,18-20H,5-7,10-15,27H2,1H3,(H,31,38)(H,32,36)(H,33,39)(H,34,40)(H,35,37)(H4,28,29,30);/t16-,18+,19?,20+;/m1./s1. The Morgan fingerprint density at radius 1 is 0.814 bits per heavy atom. The molecule has 16 nitrogen and oxygen atoms in total. The molecule has 236 valence electrons. The topological polar surface area (TPSA) is 270 Å². The van der Waals surface area contributed by atoms with E-state index < -0.39 is 60.2 Å². The molecule has 11 N–H and O–H groups in total. The van der Waals surface area contributed by atoms with Gasteiger partial charge in [-0.3, -0.25) is 29.0 Å². The van der Waals surface area contributed by atoms with E-state index in [1.807, 2.05) is 30.3 Å². The number of unbranched alkanes of at least 4 members (excludes halogenated alkanes) is 1. The lowest BCUT2D eigenvalue weighted by atomic mass is 10.0. The van der Waals surface area contributed by atoms with Gasteiger partial charge in [-0.25, -0.2) is 0 Å². The van der Waals surface area contributed by atoms with Gasteiger partial charge in [0.05, 0.1) is 6.54 Å². The van der Waals surface area contributed by atoms with E-state index in [1.54, 1.807) is 0 Å². The lowest BCUT2D eigenvalue weighted by molar-refractivity contribution is -0.191. The Morgan fingerprint density at radius 2 is 1.37 bits per heavy atom. The quantitative estimate of drug-likeness (QED) is 0.0758. The van der Waals surface area contributed by atoms with E-state index in [1.165, 1.54) is 6.92 Å². The number of amides is 5. The zero-order valence-corrected chi connectivity index (χ0v) is 24.1. The van der Waals surface area contributed by atoms with Crippen LogP contribution in [0, 0.1) is 0 Å². The molecule has 0 aliphatic carbocycles. The first kappa shape index (κ1) is 36.2. The number of carbonyl (C=O) groups excluding carboxylic acids is 7. The summed E-state index contributed by atoms with van der Waals surface area (Å²) in [6.07, 6.45) is 2.37. The molecule has 2 rings (SSSR count). The molecular weight excluding hydrogens is 562 g/mol. The van der Waals surface area contributed by atoms with Gasteiger partial charge in [-0.05, 0) is 51.1 Å². The van der Waals surface area contributed by atoms with Gasteiger partial charge in [0.1, 0.15) is 24.2 Å². The molecule has 1 aromatic carbocycles. The summed E-state index contributed by atoms with van der Waals surface area (Å²) in [7, 11) is 0. The third-order valence-electron chi connectivity index (χ3n) is 6.27. The first-order valence-electron chi connectivity index (χ1n) is 13.8. The van der Waals surface area contributed by atoms with Crippen LogP contribution in [0.3, 0.4) is 0 Å². The Morgan fingerprint density at radius 3 is 1.98 bits per heavy atom. The van der Waals surface area contributed by atoms with E-state index in [-0.39, 0.29) is 37.9 Å². The van der Waals surface area contributed by atoms with Crippen LogP contribution in [0.1, 0.15) is 44.6 Å². The van der Waals surface area contributed by atoms with Crippen molar-refractivity contribution in [3.63, 3.8) is 0 Å². The summed E-state index contributed by atoms with van der Waals surface area (Å²) < 4.78 is 0. The molecule has 5 amide bonds. The van der Waals surface area contributed by atoms with Crippen molar-refractivity contribution in [2.24, 2.45) is 22.2 Å². The van der Waals surface area contributed by atoms with Gasteiger partial charge in [-0.15, -0.1) is 0 Å². The Kier molecular flexibility index (Phi) is 16.9. The highest BCUT2D eigenvalue weighted by atomic mass is 16.2. The van der Waals surface area contributed by atoms with Gasteiger partial charge in [-0.1, -0.05) is 30.3 Å². The van der Waals surface area contributed by atoms with Gasteiger partial charge >= 0.3 is 6.15 Å². The minimum Gasteiger partial charge on any atom is -0.370 e. The van der Waals surface area contributed by atoms with Crippen LogP contribution in [-0.4, -0.2) is 85.4 Å². The third-order valence-corrected chi connectivity index (χ3v) is 6.27. The first-order chi connectivity index (χ1) is 20.5. The van der Waals surface area contributed by atoms with Crippen molar-refractivity contribution in [2.75, 3.05) is 19.6 Å². The molecule has 1 heterocycles. The predicted octanol–water partition coefficient (Wildman–Crippen LogP) is -3.08. The number of hydrogen-bond donors (Lipinski definition) is 8. The molecule has 0 radical (unpaired) electrons. The highest BCUT2D eigenvalue weighted by Gasteiger charge is 2.31. The summed E-state index contributed by atoms with van der Waals surface area (Å²) in [5.74, 6) is -3.06. The average Bonchev–Trinajstić information content (AvgIpc) is 2.96. The van der Waals surface area contributed by atoms with Gasteiger partial charge in [-0.2, -0.15) is 9.59 Å². The molecule has 0 bridgehead atoms. The fourth-order valence-electron chi connectivity index (χ4n) is 4.08. The summed E-state index contributed by atoms with van der Waals surface area (Å²) in [5, 5.41) is 13.1. The monoisotopic (exact) mass is 603 g/mol. The second kappa shape index (κ2) is 20.1. The summed E-state index contributed by atoms with van der Waals surface area (Å²) >= 11 is 0. The molecule has 0 spiro atoms. The number of guanidine groups is 1. The smallest absolute Gasteiger partial charge is 0.370 e. The number of nitrogens with two attached hydrogens (primary N) is 3. The van der Waals surface area contributed by atoms with Gasteiger partial charge in [0.2, 0.25) is 29.5 Å². The number of hydrogen-bond acceptors (Lipinski definition) is 9. The fraction of sp³-hybridized carbons (Fsp3) is 0.519. The number of nitrogens with zero attached hydrogens (tertiary/aromatic N) is 1. The summed E-state index contributed by atoms with van der Waals surface area (Å²) in [6, 6.07) is 5.05. The SMILES string of the molecule is C[C@H]1NC(=O)CNC(=O)[C@H](CCCN=C(N)N)NC(=O)C(CCCCN)NC(=O)[C@H](Cc2ccccc2)NC1=O.O=C=O. The Bertz CT molecular complexity index is 1140. The van der Waals surface area contributed by atoms with Crippen LogP contribution in [-0.2, 0) is 40.0 Å². The van der Waals surface area contributed by atoms with Crippen LogP contribution in [0.25, 0.3) is 0 Å². The lowest BCUT2D eigenvalue weighted by Gasteiger charge is -2.25. The molecule has 1 unspecified atom stereocenters. The van der Waals surface area contributed by atoms with E-state index in [4.69, 9.17) is 26.8 Å². The third kappa shape index (κ3) is 14.6. The van der Waals surface area contributed by atoms with Crippen molar-refractivity contribution in [3.8, 4) is 0 Å². The second-order valence-corrected chi connectivity index (χ2v) is 9.70. The fourth-order valence-corrected chi connectivity index (χ4v) is 4.08. The molecule has 1 aliphatic rings. The maximum atomic E-state index is 13.4. The highest BCUT2D eigenvalue weighted by Crippen LogP contribution is 2.08. The molecule has 16 heteroatoms. The van der Waals surface area contributed by atoms with Gasteiger partial charge < -0.3 is 43.8 Å². The van der Waals surface area contributed by atoms with Crippen molar-refractivity contribution in [2.45, 2.75) is 69.6 Å². The lowest BCUT2D eigenvalue weighted by Crippen LogP contribution is -2.57. The molecule has 1 aromatic rings. The van der Waals surface area contributed by atoms with E-state index in [2.05, 4.69) is 31.6 Å². The Labute approximate surface area is 249 Å². The number of carbonyl (C=O) groups is 5. The van der Waals surface area contributed by atoms with Gasteiger partial charge in [0.15, 0.2) is 5.96 Å². The summed E-state index contributed by atoms with van der Waals surface area (Å²) in [6.45, 7) is 1.69. The number of rotatable bonds is 10. The van der Waals surface area contributed by atoms with Crippen LogP contribution in [0.5, 0.6) is 0 Å². The van der Waals surface area contributed by atoms with Crippen molar-refractivity contribution in [1.82, 2.24) is 26.6 Å². The normalized spacial score (nSPS) is 21.5. The van der Waals surface area contributed by atoms with Crippen molar-refractivity contribution in [3.05, 3.63) is 35.9 Å². The van der Waals surface area contributed by atoms with E-state index >= 15 is 0 Å². The zero-order valence-electron chi connectivity index (χ0n) is 24.1. The molecule has 1 fully saturated rings. The molecule has 0 aromatic heterocycles. The molecular formula is C27H41N9O7. The number of aliphatic imine (C=N–C) groups is 1. The first-order valence-corrected chi connectivity index (χ1v) is 13.8. The van der Waals surface area contributed by atoms with E-state index in [0.717, 1.165) is 5.56 Å². The van der Waals surface area contributed by atoms with Gasteiger partial charge in [0.25, 0.3) is 0 Å². The number of nitrogens with one attached hydrogen (secondary N) is 5. The minimum absolute atomic E-state index is 0.0998. The number of benzene rings is 1. The summed E-state index contributed by atoms with van der Waals surface area (Å²) in [4.78, 5) is 85.2. The van der Waals surface area contributed by atoms with Crippen molar-refractivity contribution < 1.29 is 33.6 Å². The van der Waals surface area contributed by atoms with Crippen LogP contribution < -0.4 is 43.8 Å². The second-order valence-electron chi connectivity index (χ2n) is 9.70. The zero-order chi connectivity index (χ0) is 32.2. The van der Waals surface area contributed by atoms with Gasteiger partial charge in [0, 0.05) is 13.0 Å². The van der Waals surface area contributed by atoms with Crippen LogP contribution in [0.2, 0.25) is 0 Å². The minimum atomic E-state index is -1.03. The Hall–Kier alpha value is -4.82. The molecule has 1 saturated heterocycles. The predicted molar refractivity (Wildman–Crippen MR) is 154 cm³/mol. The molecule has 0 saturated carbocycles. The summed E-state index contributed by atoms with van der Waals surface area (Å²) in [5.41, 5.74) is 17.1. The maximum Gasteiger partial charge on any atom is 0.373 e.